The first-order chi connectivity index (χ1) is 14.7. The van der Waals surface area contributed by atoms with E-state index in [0.717, 1.165) is 10.0 Å². The van der Waals surface area contributed by atoms with Crippen molar-refractivity contribution in [2.45, 2.75) is 10.9 Å². The third-order valence-electron chi connectivity index (χ3n) is 5.04. The van der Waals surface area contributed by atoms with Crippen LogP contribution in [0.1, 0.15) is 11.6 Å². The minimum atomic E-state index is -3.77. The average Bonchev–Trinajstić information content (AvgIpc) is 2.73. The zero-order valence-electron chi connectivity index (χ0n) is 16.7. The van der Waals surface area contributed by atoms with Gasteiger partial charge in [0, 0.05) is 24.3 Å². The largest absolute Gasteiger partial charge is 0.342 e. The molecule has 4 rings (SSSR count). The molecular weight excluding hydrogens is 484 g/mol. The maximum Gasteiger partial charge on any atom is 0.254 e. The Labute approximate surface area is 188 Å². The van der Waals surface area contributed by atoms with Gasteiger partial charge in [-0.3, -0.25) is 4.79 Å². The average molecular weight is 503 g/mol. The summed E-state index contributed by atoms with van der Waals surface area (Å²) in [7, 11) is -0.260. The lowest BCUT2D eigenvalue weighted by molar-refractivity contribution is -0.120. The Morgan fingerprint density at radius 1 is 1.10 bits per heavy atom. The van der Waals surface area contributed by atoms with Crippen LogP contribution in [0.4, 0.5) is 23.1 Å². The lowest BCUT2D eigenvalue weighted by atomic mass is 10.0. The summed E-state index contributed by atoms with van der Waals surface area (Å²) in [5.74, 6) is 0.800. The molecule has 1 unspecified atom stereocenters. The van der Waals surface area contributed by atoms with Gasteiger partial charge in [-0.25, -0.2) is 18.5 Å². The molecule has 1 aliphatic heterocycles. The Bertz CT molecular complexity index is 1270. The molecule has 1 aromatic heterocycles. The second kappa shape index (κ2) is 7.91. The van der Waals surface area contributed by atoms with Crippen molar-refractivity contribution in [1.29, 1.82) is 0 Å². The van der Waals surface area contributed by atoms with Crippen molar-refractivity contribution < 1.29 is 13.2 Å². The van der Waals surface area contributed by atoms with Gasteiger partial charge in [0.1, 0.15) is 11.7 Å². The van der Waals surface area contributed by atoms with Crippen molar-refractivity contribution in [2.24, 2.45) is 5.14 Å². The highest BCUT2D eigenvalue weighted by atomic mass is 79.9. The summed E-state index contributed by atoms with van der Waals surface area (Å²) in [6.45, 7) is 0. The Hall–Kier alpha value is -3.02. The highest BCUT2D eigenvalue weighted by Crippen LogP contribution is 2.40. The molecule has 31 heavy (non-hydrogen) atoms. The molecule has 11 heteroatoms. The van der Waals surface area contributed by atoms with Gasteiger partial charge in [-0.05, 0) is 35.9 Å². The summed E-state index contributed by atoms with van der Waals surface area (Å²) in [5.41, 5.74) is 2.02. The number of amides is 1. The number of anilines is 4. The maximum atomic E-state index is 13.1. The first-order valence-electron chi connectivity index (χ1n) is 9.18. The first-order valence-corrected chi connectivity index (χ1v) is 11.5. The number of benzene rings is 2. The molecule has 0 spiro atoms. The number of carbonyl (C=O) groups is 1. The summed E-state index contributed by atoms with van der Waals surface area (Å²) in [5, 5.41) is 8.18. The fraction of sp³-hybridized carbons (Fsp3) is 0.150. The van der Waals surface area contributed by atoms with Crippen LogP contribution in [0.2, 0.25) is 0 Å². The molecule has 1 atom stereocenters. The van der Waals surface area contributed by atoms with Gasteiger partial charge >= 0.3 is 0 Å². The van der Waals surface area contributed by atoms with E-state index in [1.807, 2.05) is 36.2 Å². The van der Waals surface area contributed by atoms with Crippen molar-refractivity contribution in [3.05, 3.63) is 64.8 Å². The topological polar surface area (TPSA) is 122 Å². The van der Waals surface area contributed by atoms with Crippen LogP contribution in [0.5, 0.6) is 0 Å². The minimum Gasteiger partial charge on any atom is -0.342 e. The number of nitrogens with zero attached hydrogens (tertiary/aromatic N) is 4. The fourth-order valence-corrected chi connectivity index (χ4v) is 4.43. The predicted molar refractivity (Wildman–Crippen MR) is 122 cm³/mol. The predicted octanol–water partition coefficient (Wildman–Crippen LogP) is 2.78. The van der Waals surface area contributed by atoms with E-state index in [9.17, 15) is 13.2 Å². The summed E-state index contributed by atoms with van der Waals surface area (Å²) in [6.07, 6.45) is 1.58. The number of nitrogens with two attached hydrogens (primary N) is 1. The third-order valence-corrected chi connectivity index (χ3v) is 6.69. The zero-order chi connectivity index (χ0) is 22.3. The Kier molecular flexibility index (Phi) is 5.42. The lowest BCUT2D eigenvalue weighted by Crippen LogP contribution is -2.45. The van der Waals surface area contributed by atoms with E-state index < -0.39 is 16.1 Å². The monoisotopic (exact) mass is 502 g/mol. The molecule has 0 radical (unpaired) electrons. The summed E-state index contributed by atoms with van der Waals surface area (Å²) < 4.78 is 23.7. The maximum absolute atomic E-state index is 13.1. The van der Waals surface area contributed by atoms with E-state index in [2.05, 4.69) is 31.2 Å². The van der Waals surface area contributed by atoms with Crippen LogP contribution in [0, 0.1) is 0 Å². The van der Waals surface area contributed by atoms with Gasteiger partial charge in [0.25, 0.3) is 5.91 Å². The van der Waals surface area contributed by atoms with E-state index in [-0.39, 0.29) is 10.8 Å². The van der Waals surface area contributed by atoms with Crippen molar-refractivity contribution in [2.75, 3.05) is 29.2 Å². The van der Waals surface area contributed by atoms with E-state index >= 15 is 0 Å². The second-order valence-electron chi connectivity index (χ2n) is 7.03. The van der Waals surface area contributed by atoms with Crippen molar-refractivity contribution in [1.82, 2.24) is 9.97 Å². The molecular formula is C20H19BrN6O3S. The van der Waals surface area contributed by atoms with Crippen LogP contribution in [0.3, 0.4) is 0 Å². The number of hydrogen-bond acceptors (Lipinski definition) is 7. The number of fused-ring (bicyclic) bond motifs is 1. The number of likely N-dealkylation sites (N-methyl/N-ethyl adjacent to an activating group) is 2. The van der Waals surface area contributed by atoms with Gasteiger partial charge in [0.15, 0.2) is 5.82 Å². The van der Waals surface area contributed by atoms with E-state index in [1.54, 1.807) is 30.3 Å². The first kappa shape index (κ1) is 21.2. The third kappa shape index (κ3) is 3.99. The van der Waals surface area contributed by atoms with Crippen molar-refractivity contribution in [3.63, 3.8) is 0 Å². The molecule has 9 nitrogen and oxygen atoms in total. The van der Waals surface area contributed by atoms with Gasteiger partial charge in [-0.1, -0.05) is 34.1 Å². The smallest absolute Gasteiger partial charge is 0.254 e. The molecule has 0 fully saturated rings. The second-order valence-corrected chi connectivity index (χ2v) is 9.44. The summed E-state index contributed by atoms with van der Waals surface area (Å²) >= 11 is 3.53. The lowest BCUT2D eigenvalue weighted by Gasteiger charge is -2.38. The van der Waals surface area contributed by atoms with Gasteiger partial charge < -0.3 is 15.1 Å². The Balaban J connectivity index is 1.68. The van der Waals surface area contributed by atoms with Gasteiger partial charge in [-0.2, -0.15) is 4.98 Å². The van der Waals surface area contributed by atoms with Gasteiger partial charge in [-0.15, -0.1) is 0 Å². The molecule has 1 aliphatic rings. The van der Waals surface area contributed by atoms with E-state index in [4.69, 9.17) is 5.14 Å². The van der Waals surface area contributed by atoms with Crippen LogP contribution >= 0.6 is 15.9 Å². The van der Waals surface area contributed by atoms with E-state index in [1.165, 1.54) is 12.1 Å². The summed E-state index contributed by atoms with van der Waals surface area (Å²) in [6, 6.07) is 13.0. The number of rotatable bonds is 4. The highest BCUT2D eigenvalue weighted by molar-refractivity contribution is 9.10. The van der Waals surface area contributed by atoms with Crippen LogP contribution in [-0.2, 0) is 14.8 Å². The van der Waals surface area contributed by atoms with Crippen LogP contribution in [-0.4, -0.2) is 38.4 Å². The number of halogens is 1. The Morgan fingerprint density at radius 3 is 2.42 bits per heavy atom. The fourth-order valence-electron chi connectivity index (χ4n) is 3.41. The van der Waals surface area contributed by atoms with Crippen LogP contribution in [0.15, 0.2) is 64.1 Å². The molecule has 1 amide bonds. The van der Waals surface area contributed by atoms with Gasteiger partial charge in [0.05, 0.1) is 11.1 Å². The number of carbonyl (C=O) groups excluding carboxylic acids is 1. The molecule has 2 heterocycles. The number of nitrogens with one attached hydrogen (secondary N) is 1. The normalized spacial score (nSPS) is 16.3. The molecule has 0 aliphatic carbocycles. The molecule has 0 bridgehead atoms. The Morgan fingerprint density at radius 2 is 1.77 bits per heavy atom. The van der Waals surface area contributed by atoms with Crippen molar-refractivity contribution in [3.8, 4) is 0 Å². The minimum absolute atomic E-state index is 0.0144. The highest BCUT2D eigenvalue weighted by Gasteiger charge is 2.38. The van der Waals surface area contributed by atoms with Crippen LogP contribution < -0.4 is 20.3 Å². The molecule has 2 aromatic carbocycles. The zero-order valence-corrected chi connectivity index (χ0v) is 19.1. The van der Waals surface area contributed by atoms with Crippen molar-refractivity contribution >= 4 is 55.0 Å². The molecule has 3 aromatic rings. The van der Waals surface area contributed by atoms with Gasteiger partial charge in [0.2, 0.25) is 16.0 Å². The number of hydrogen-bond donors (Lipinski definition) is 2. The SMILES string of the molecule is CN1C(=O)C(c2ccccc2Br)N(C)c2nc(Nc3ccc(S(N)(=O)=O)cc3)ncc21. The number of primary sulfonamides is 1. The quantitative estimate of drug-likeness (QED) is 0.562. The standard InChI is InChI=1S/C20H19BrN6O3S/c1-26-16-11-23-20(24-12-7-9-13(10-8-12)31(22,29)30)25-18(16)27(2)17(19(26)28)14-5-3-4-6-15(14)21/h3-11,17H,1-2H3,(H2,22,29,30)(H,23,24,25). The van der Waals surface area contributed by atoms with E-state index in [0.29, 0.717) is 23.1 Å². The number of sulfonamides is 1. The molecule has 0 saturated heterocycles. The van der Waals surface area contributed by atoms with Crippen LogP contribution in [0.25, 0.3) is 0 Å². The molecule has 160 valence electrons. The molecule has 0 saturated carbocycles. The summed E-state index contributed by atoms with van der Waals surface area (Å²) in [4.78, 5) is 25.3. The molecule has 3 N–H and O–H groups in total. The number of aromatic nitrogens is 2.